The third-order valence-corrected chi connectivity index (χ3v) is 2.80. The molecular weight excluding hydrogens is 250 g/mol. The minimum Gasteiger partial charge on any atom is -0.363 e. The maximum absolute atomic E-state index is 4.46. The van der Waals surface area contributed by atoms with Gasteiger partial charge in [0, 0.05) is 25.4 Å². The second kappa shape index (κ2) is 5.91. The molecule has 0 amide bonds. The molecule has 0 aliphatic carbocycles. The second-order valence-electron chi connectivity index (χ2n) is 4.27. The zero-order valence-corrected chi connectivity index (χ0v) is 12.1. The van der Waals surface area contributed by atoms with Crippen LogP contribution in [0.3, 0.4) is 0 Å². The number of halogens is 1. The van der Waals surface area contributed by atoms with E-state index >= 15 is 0 Å². The van der Waals surface area contributed by atoms with Gasteiger partial charge in [0.15, 0.2) is 5.82 Å². The fourth-order valence-corrected chi connectivity index (χ4v) is 1.86. The van der Waals surface area contributed by atoms with Gasteiger partial charge in [-0.1, -0.05) is 0 Å². The highest BCUT2D eigenvalue weighted by Gasteiger charge is 2.06. The monoisotopic (exact) mass is 269 g/mol. The van der Waals surface area contributed by atoms with Crippen molar-refractivity contribution in [2.24, 2.45) is 7.05 Å². The van der Waals surface area contributed by atoms with Gasteiger partial charge in [-0.3, -0.25) is 9.36 Å². The van der Waals surface area contributed by atoms with Crippen LogP contribution in [0.25, 0.3) is 0 Å². The molecule has 5 nitrogen and oxygen atoms in total. The van der Waals surface area contributed by atoms with Crippen molar-refractivity contribution in [1.29, 1.82) is 0 Å². The maximum atomic E-state index is 4.46. The molecule has 0 fully saturated rings. The lowest BCUT2D eigenvalue weighted by atomic mass is 10.3. The van der Waals surface area contributed by atoms with Crippen molar-refractivity contribution in [1.82, 2.24) is 19.6 Å². The molecule has 0 aliphatic heterocycles. The van der Waals surface area contributed by atoms with E-state index in [1.807, 2.05) is 23.3 Å². The van der Waals surface area contributed by atoms with Crippen molar-refractivity contribution >= 4 is 18.2 Å². The van der Waals surface area contributed by atoms with Crippen LogP contribution in [0.1, 0.15) is 23.9 Å². The number of aryl methyl sites for hydroxylation is 4. The molecule has 1 N–H and O–H groups in total. The Morgan fingerprint density at radius 2 is 2.00 bits per heavy atom. The number of aromatic nitrogens is 4. The molecule has 2 aromatic heterocycles. The van der Waals surface area contributed by atoms with E-state index in [2.05, 4.69) is 41.6 Å². The first-order valence-corrected chi connectivity index (χ1v) is 5.87. The summed E-state index contributed by atoms with van der Waals surface area (Å²) < 4.78 is 3.83. The summed E-state index contributed by atoms with van der Waals surface area (Å²) in [5.41, 5.74) is 3.37. The first-order valence-electron chi connectivity index (χ1n) is 5.87. The summed E-state index contributed by atoms with van der Waals surface area (Å²) in [6.45, 7) is 7.80. The second-order valence-corrected chi connectivity index (χ2v) is 4.27. The van der Waals surface area contributed by atoms with Crippen LogP contribution in [0.2, 0.25) is 0 Å². The van der Waals surface area contributed by atoms with E-state index in [9.17, 15) is 0 Å². The van der Waals surface area contributed by atoms with Crippen LogP contribution in [0, 0.1) is 13.8 Å². The molecule has 6 heteroatoms. The van der Waals surface area contributed by atoms with Gasteiger partial charge in [0.1, 0.15) is 0 Å². The highest BCUT2D eigenvalue weighted by Crippen LogP contribution is 2.13. The quantitative estimate of drug-likeness (QED) is 0.926. The van der Waals surface area contributed by atoms with Crippen molar-refractivity contribution in [3.8, 4) is 0 Å². The Bertz CT molecular complexity index is 515. The Hall–Kier alpha value is -1.49. The Labute approximate surface area is 114 Å². The molecule has 18 heavy (non-hydrogen) atoms. The SMILES string of the molecule is CCn1cc(C)c(NCc2cc(C)nn2C)n1.Cl. The van der Waals surface area contributed by atoms with Crippen molar-refractivity contribution in [2.75, 3.05) is 5.32 Å². The Morgan fingerprint density at radius 1 is 1.28 bits per heavy atom. The molecule has 0 aromatic carbocycles. The van der Waals surface area contributed by atoms with Crippen LogP contribution in [0.4, 0.5) is 5.82 Å². The van der Waals surface area contributed by atoms with Crippen LogP contribution in [-0.4, -0.2) is 19.6 Å². The van der Waals surface area contributed by atoms with Gasteiger partial charge < -0.3 is 5.32 Å². The molecule has 0 aliphatic rings. The third-order valence-electron chi connectivity index (χ3n) is 2.80. The van der Waals surface area contributed by atoms with Crippen LogP contribution < -0.4 is 5.32 Å². The van der Waals surface area contributed by atoms with Crippen LogP contribution in [-0.2, 0) is 20.1 Å². The lowest BCUT2D eigenvalue weighted by Gasteiger charge is -2.04. The van der Waals surface area contributed by atoms with Gasteiger partial charge in [-0.05, 0) is 26.8 Å². The van der Waals surface area contributed by atoms with E-state index in [-0.39, 0.29) is 12.4 Å². The topological polar surface area (TPSA) is 47.7 Å². The molecule has 0 bridgehead atoms. The average Bonchev–Trinajstić information content (AvgIpc) is 2.79. The third kappa shape index (κ3) is 3.04. The normalized spacial score (nSPS) is 10.2. The predicted molar refractivity (Wildman–Crippen MR) is 75.2 cm³/mol. The Kier molecular flexibility index (Phi) is 4.78. The fraction of sp³-hybridized carbons (Fsp3) is 0.500. The zero-order valence-electron chi connectivity index (χ0n) is 11.3. The first kappa shape index (κ1) is 14.6. The molecule has 2 rings (SSSR count). The number of rotatable bonds is 4. The summed E-state index contributed by atoms with van der Waals surface area (Å²) >= 11 is 0. The van der Waals surface area contributed by atoms with Gasteiger partial charge in [0.05, 0.1) is 17.9 Å². The van der Waals surface area contributed by atoms with Crippen molar-refractivity contribution in [3.05, 3.63) is 29.2 Å². The minimum atomic E-state index is 0. The number of nitrogens with zero attached hydrogens (tertiary/aromatic N) is 4. The van der Waals surface area contributed by atoms with E-state index in [0.717, 1.165) is 30.3 Å². The van der Waals surface area contributed by atoms with Crippen molar-refractivity contribution < 1.29 is 0 Å². The molecular formula is C12H20ClN5. The summed E-state index contributed by atoms with van der Waals surface area (Å²) in [7, 11) is 1.96. The molecule has 0 saturated carbocycles. The molecule has 0 unspecified atom stereocenters. The lowest BCUT2D eigenvalue weighted by Crippen LogP contribution is -2.06. The summed E-state index contributed by atoms with van der Waals surface area (Å²) in [6.07, 6.45) is 2.05. The molecule has 100 valence electrons. The van der Waals surface area contributed by atoms with Crippen LogP contribution >= 0.6 is 12.4 Å². The van der Waals surface area contributed by atoms with Gasteiger partial charge in [-0.15, -0.1) is 12.4 Å². The Balaban J connectivity index is 0.00000162. The molecule has 0 radical (unpaired) electrons. The van der Waals surface area contributed by atoms with Crippen LogP contribution in [0.15, 0.2) is 12.3 Å². The molecule has 0 saturated heterocycles. The Morgan fingerprint density at radius 3 is 2.50 bits per heavy atom. The van der Waals surface area contributed by atoms with Crippen molar-refractivity contribution in [3.63, 3.8) is 0 Å². The van der Waals surface area contributed by atoms with E-state index in [1.165, 1.54) is 5.56 Å². The molecule has 2 heterocycles. The average molecular weight is 270 g/mol. The zero-order chi connectivity index (χ0) is 12.4. The predicted octanol–water partition coefficient (Wildman–Crippen LogP) is 2.29. The van der Waals surface area contributed by atoms with Gasteiger partial charge >= 0.3 is 0 Å². The molecule has 0 atom stereocenters. The standard InChI is InChI=1S/C12H19N5.ClH/c1-5-17-8-9(2)12(15-17)13-7-11-6-10(3)14-16(11)4;/h6,8H,5,7H2,1-4H3,(H,13,15);1H. The van der Waals surface area contributed by atoms with E-state index in [1.54, 1.807) is 0 Å². The van der Waals surface area contributed by atoms with Gasteiger partial charge in [-0.2, -0.15) is 10.2 Å². The van der Waals surface area contributed by atoms with Crippen molar-refractivity contribution in [2.45, 2.75) is 33.9 Å². The highest BCUT2D eigenvalue weighted by molar-refractivity contribution is 5.85. The van der Waals surface area contributed by atoms with Crippen LogP contribution in [0.5, 0.6) is 0 Å². The number of hydrogen-bond donors (Lipinski definition) is 1. The first-order chi connectivity index (χ1) is 8.10. The number of anilines is 1. The fourth-order valence-electron chi connectivity index (χ4n) is 1.86. The number of hydrogen-bond acceptors (Lipinski definition) is 3. The summed E-state index contributed by atoms with van der Waals surface area (Å²) in [6, 6.07) is 2.08. The lowest BCUT2D eigenvalue weighted by molar-refractivity contribution is 0.659. The maximum Gasteiger partial charge on any atom is 0.151 e. The van der Waals surface area contributed by atoms with Gasteiger partial charge in [-0.25, -0.2) is 0 Å². The minimum absolute atomic E-state index is 0. The molecule has 2 aromatic rings. The van der Waals surface area contributed by atoms with Gasteiger partial charge in [0.25, 0.3) is 0 Å². The summed E-state index contributed by atoms with van der Waals surface area (Å²) in [5, 5.41) is 12.1. The largest absolute Gasteiger partial charge is 0.363 e. The number of nitrogens with one attached hydrogen (secondary N) is 1. The highest BCUT2D eigenvalue weighted by atomic mass is 35.5. The van der Waals surface area contributed by atoms with E-state index < -0.39 is 0 Å². The van der Waals surface area contributed by atoms with Gasteiger partial charge in [0.2, 0.25) is 0 Å². The summed E-state index contributed by atoms with van der Waals surface area (Å²) in [5.74, 6) is 0.950. The van der Waals surface area contributed by atoms with E-state index in [4.69, 9.17) is 0 Å². The summed E-state index contributed by atoms with van der Waals surface area (Å²) in [4.78, 5) is 0. The smallest absolute Gasteiger partial charge is 0.151 e. The molecule has 0 spiro atoms. The van der Waals surface area contributed by atoms with E-state index in [0.29, 0.717) is 0 Å².